The summed E-state index contributed by atoms with van der Waals surface area (Å²) in [5.74, 6) is 0.566. The Morgan fingerprint density at radius 3 is 2.43 bits per heavy atom. The van der Waals surface area contributed by atoms with Crippen molar-refractivity contribution < 1.29 is 19.4 Å². The first-order chi connectivity index (χ1) is 11.1. The number of unbranched alkanes of at least 4 members (excludes halogenated alkanes) is 1. The highest BCUT2D eigenvalue weighted by atomic mass is 16.5. The minimum Gasteiger partial charge on any atom is -0.497 e. The average molecular weight is 320 g/mol. The van der Waals surface area contributed by atoms with Gasteiger partial charge in [0.1, 0.15) is 11.5 Å². The number of rotatable bonds is 8. The van der Waals surface area contributed by atoms with Crippen LogP contribution in [0.25, 0.3) is 11.4 Å². The summed E-state index contributed by atoms with van der Waals surface area (Å²) in [6.07, 6.45) is 2.14. The fourth-order valence-electron chi connectivity index (χ4n) is 2.28. The van der Waals surface area contributed by atoms with Crippen LogP contribution in [-0.4, -0.2) is 45.5 Å². The summed E-state index contributed by atoms with van der Waals surface area (Å²) in [5, 5.41) is 21.0. The van der Waals surface area contributed by atoms with Gasteiger partial charge in [-0.05, 0) is 29.0 Å². The Labute approximate surface area is 134 Å². The molecule has 1 heterocycles. The SMILES string of the molecule is CCCCC(C(=O)O)n1nnnc1-c1cc(OC)cc(OC)c1. The molecular weight excluding hydrogens is 300 g/mol. The van der Waals surface area contributed by atoms with Crippen molar-refractivity contribution in [3.05, 3.63) is 18.2 Å². The highest BCUT2D eigenvalue weighted by molar-refractivity contribution is 5.73. The Hall–Kier alpha value is -2.64. The summed E-state index contributed by atoms with van der Waals surface area (Å²) in [5.41, 5.74) is 0.633. The van der Waals surface area contributed by atoms with E-state index in [1.54, 1.807) is 32.4 Å². The monoisotopic (exact) mass is 320 g/mol. The Morgan fingerprint density at radius 1 is 1.26 bits per heavy atom. The van der Waals surface area contributed by atoms with Crippen molar-refractivity contribution in [1.82, 2.24) is 20.2 Å². The van der Waals surface area contributed by atoms with Crippen LogP contribution in [0, 0.1) is 0 Å². The molecule has 124 valence electrons. The Balaban J connectivity index is 2.45. The van der Waals surface area contributed by atoms with Crippen molar-refractivity contribution in [2.75, 3.05) is 14.2 Å². The highest BCUT2D eigenvalue weighted by Crippen LogP contribution is 2.30. The van der Waals surface area contributed by atoms with Gasteiger partial charge in [-0.1, -0.05) is 19.8 Å². The van der Waals surface area contributed by atoms with E-state index in [2.05, 4.69) is 15.5 Å². The molecule has 2 aromatic rings. The largest absolute Gasteiger partial charge is 0.497 e. The summed E-state index contributed by atoms with van der Waals surface area (Å²) in [6.45, 7) is 2.01. The predicted molar refractivity (Wildman–Crippen MR) is 82.6 cm³/mol. The molecular formula is C15H20N4O4. The van der Waals surface area contributed by atoms with E-state index in [1.165, 1.54) is 4.68 Å². The fraction of sp³-hybridized carbons (Fsp3) is 0.467. The van der Waals surface area contributed by atoms with Gasteiger partial charge < -0.3 is 14.6 Å². The van der Waals surface area contributed by atoms with Gasteiger partial charge in [0, 0.05) is 11.6 Å². The van der Waals surface area contributed by atoms with Gasteiger partial charge in [-0.2, -0.15) is 0 Å². The third-order valence-corrected chi connectivity index (χ3v) is 3.51. The van der Waals surface area contributed by atoms with Gasteiger partial charge >= 0.3 is 5.97 Å². The zero-order valence-electron chi connectivity index (χ0n) is 13.4. The molecule has 0 saturated heterocycles. The van der Waals surface area contributed by atoms with Crippen LogP contribution in [0.4, 0.5) is 0 Å². The molecule has 0 aliphatic rings. The van der Waals surface area contributed by atoms with Crippen LogP contribution < -0.4 is 9.47 Å². The van der Waals surface area contributed by atoms with E-state index in [-0.39, 0.29) is 0 Å². The first-order valence-electron chi connectivity index (χ1n) is 7.34. The average Bonchev–Trinajstić information content (AvgIpc) is 3.03. The van der Waals surface area contributed by atoms with Crippen molar-refractivity contribution in [3.63, 3.8) is 0 Å². The number of carbonyl (C=O) groups is 1. The van der Waals surface area contributed by atoms with Crippen LogP contribution in [-0.2, 0) is 4.79 Å². The lowest BCUT2D eigenvalue weighted by Crippen LogP contribution is -2.21. The topological polar surface area (TPSA) is 99.4 Å². The normalized spacial score (nSPS) is 12.0. The molecule has 1 aromatic carbocycles. The molecule has 2 rings (SSSR count). The van der Waals surface area contributed by atoms with Crippen molar-refractivity contribution >= 4 is 5.97 Å². The fourth-order valence-corrected chi connectivity index (χ4v) is 2.28. The molecule has 0 saturated carbocycles. The maximum absolute atomic E-state index is 11.6. The number of aliphatic carboxylic acids is 1. The van der Waals surface area contributed by atoms with Gasteiger partial charge in [0.2, 0.25) is 0 Å². The second-order valence-corrected chi connectivity index (χ2v) is 5.04. The van der Waals surface area contributed by atoms with E-state index in [1.807, 2.05) is 6.92 Å². The Kier molecular flexibility index (Phi) is 5.51. The number of nitrogens with zero attached hydrogens (tertiary/aromatic N) is 4. The predicted octanol–water partition coefficient (Wildman–Crippen LogP) is 2.17. The lowest BCUT2D eigenvalue weighted by atomic mass is 10.1. The van der Waals surface area contributed by atoms with Gasteiger partial charge in [0.15, 0.2) is 11.9 Å². The van der Waals surface area contributed by atoms with E-state index < -0.39 is 12.0 Å². The summed E-state index contributed by atoms with van der Waals surface area (Å²) < 4.78 is 11.8. The molecule has 0 spiro atoms. The van der Waals surface area contributed by atoms with Gasteiger partial charge in [-0.3, -0.25) is 0 Å². The minimum atomic E-state index is -0.957. The van der Waals surface area contributed by atoms with Gasteiger partial charge in [0.25, 0.3) is 0 Å². The number of ether oxygens (including phenoxy) is 2. The molecule has 0 bridgehead atoms. The zero-order chi connectivity index (χ0) is 16.8. The van der Waals surface area contributed by atoms with Crippen LogP contribution in [0.3, 0.4) is 0 Å². The van der Waals surface area contributed by atoms with E-state index >= 15 is 0 Å². The summed E-state index contributed by atoms with van der Waals surface area (Å²) in [4.78, 5) is 11.6. The standard InChI is InChI=1S/C15H20N4O4/c1-4-5-6-13(15(20)21)19-14(16-17-18-19)10-7-11(22-2)9-12(8-10)23-3/h7-9,13H,4-6H2,1-3H3,(H,20,21). The number of carboxylic acid groups (broad SMARTS) is 1. The third kappa shape index (κ3) is 3.77. The molecule has 1 aromatic heterocycles. The van der Waals surface area contributed by atoms with Crippen LogP contribution in [0.1, 0.15) is 32.2 Å². The zero-order valence-corrected chi connectivity index (χ0v) is 13.4. The van der Waals surface area contributed by atoms with Crippen molar-refractivity contribution in [2.24, 2.45) is 0 Å². The van der Waals surface area contributed by atoms with Crippen molar-refractivity contribution in [2.45, 2.75) is 32.2 Å². The quantitative estimate of drug-likeness (QED) is 0.795. The third-order valence-electron chi connectivity index (χ3n) is 3.51. The van der Waals surface area contributed by atoms with Gasteiger partial charge in [0.05, 0.1) is 14.2 Å². The molecule has 8 nitrogen and oxygen atoms in total. The first kappa shape index (κ1) is 16.7. The molecule has 1 atom stereocenters. The van der Waals surface area contributed by atoms with E-state index in [9.17, 15) is 9.90 Å². The lowest BCUT2D eigenvalue weighted by Gasteiger charge is -2.14. The van der Waals surface area contributed by atoms with Crippen LogP contribution in [0.5, 0.6) is 11.5 Å². The summed E-state index contributed by atoms with van der Waals surface area (Å²) in [7, 11) is 3.09. The lowest BCUT2D eigenvalue weighted by molar-refractivity contribution is -0.141. The number of hydrogen-bond acceptors (Lipinski definition) is 6. The van der Waals surface area contributed by atoms with Crippen molar-refractivity contribution in [3.8, 4) is 22.9 Å². The number of methoxy groups -OCH3 is 2. The minimum absolute atomic E-state index is 0.366. The molecule has 0 aliphatic carbocycles. The molecule has 1 unspecified atom stereocenters. The van der Waals surface area contributed by atoms with E-state index in [0.717, 1.165) is 12.8 Å². The molecule has 0 amide bonds. The molecule has 8 heteroatoms. The molecule has 0 radical (unpaired) electrons. The number of tetrazole rings is 1. The summed E-state index contributed by atoms with van der Waals surface area (Å²) in [6, 6.07) is 4.40. The van der Waals surface area contributed by atoms with Gasteiger partial charge in [-0.25, -0.2) is 9.48 Å². The first-order valence-corrected chi connectivity index (χ1v) is 7.34. The number of hydrogen-bond donors (Lipinski definition) is 1. The van der Waals surface area contributed by atoms with Crippen LogP contribution in [0.2, 0.25) is 0 Å². The maximum Gasteiger partial charge on any atom is 0.328 e. The highest BCUT2D eigenvalue weighted by Gasteiger charge is 2.25. The van der Waals surface area contributed by atoms with E-state index in [4.69, 9.17) is 9.47 Å². The summed E-state index contributed by atoms with van der Waals surface area (Å²) >= 11 is 0. The molecule has 23 heavy (non-hydrogen) atoms. The molecule has 0 aliphatic heterocycles. The Bertz CT molecular complexity index is 649. The second kappa shape index (κ2) is 7.57. The molecule has 1 N–H and O–H groups in total. The second-order valence-electron chi connectivity index (χ2n) is 5.04. The van der Waals surface area contributed by atoms with Crippen LogP contribution >= 0.6 is 0 Å². The number of aromatic nitrogens is 4. The van der Waals surface area contributed by atoms with Crippen molar-refractivity contribution in [1.29, 1.82) is 0 Å². The Morgan fingerprint density at radius 2 is 1.91 bits per heavy atom. The van der Waals surface area contributed by atoms with E-state index in [0.29, 0.717) is 29.3 Å². The number of benzene rings is 1. The van der Waals surface area contributed by atoms with Gasteiger partial charge in [-0.15, -0.1) is 5.10 Å². The smallest absolute Gasteiger partial charge is 0.328 e. The molecule has 0 fully saturated rings. The van der Waals surface area contributed by atoms with Crippen LogP contribution in [0.15, 0.2) is 18.2 Å². The maximum atomic E-state index is 11.6. The number of carboxylic acids is 1.